The summed E-state index contributed by atoms with van der Waals surface area (Å²) in [4.78, 5) is 12.5. The molecule has 0 aliphatic carbocycles. The summed E-state index contributed by atoms with van der Waals surface area (Å²) in [5.74, 6) is 1.63. The summed E-state index contributed by atoms with van der Waals surface area (Å²) >= 11 is 1.26. The Labute approximate surface area is 219 Å². The zero-order valence-corrected chi connectivity index (χ0v) is 21.3. The monoisotopic (exact) mass is 517 g/mol. The van der Waals surface area contributed by atoms with E-state index in [9.17, 15) is 9.90 Å². The number of phenols is 1. The van der Waals surface area contributed by atoms with E-state index in [0.29, 0.717) is 35.5 Å². The quantitative estimate of drug-likeness (QED) is 0.169. The predicted octanol–water partition coefficient (Wildman–Crippen LogP) is 4.68. The van der Waals surface area contributed by atoms with E-state index in [-0.39, 0.29) is 17.4 Å². The van der Waals surface area contributed by atoms with Crippen LogP contribution in [0.15, 0.2) is 83.1 Å². The van der Waals surface area contributed by atoms with Crippen LogP contribution in [0.4, 0.5) is 0 Å². The Kier molecular flexibility index (Phi) is 8.77. The first-order chi connectivity index (χ1) is 18.1. The first kappa shape index (κ1) is 25.8. The SMILES string of the molecule is CCOc1ccc(-n2c(SCC(=O)N/N=C/c3ccc(O)c(OCC)c3)nnc2-c2ccccc2)cc1. The number of hydrogen-bond donors (Lipinski definition) is 2. The van der Waals surface area contributed by atoms with Crippen molar-refractivity contribution in [2.45, 2.75) is 19.0 Å². The molecule has 0 saturated heterocycles. The molecule has 0 aliphatic heterocycles. The third-order valence-corrected chi connectivity index (χ3v) is 6.02. The van der Waals surface area contributed by atoms with E-state index in [1.807, 2.05) is 73.0 Å². The number of amides is 1. The van der Waals surface area contributed by atoms with Crippen LogP contribution in [0.5, 0.6) is 17.2 Å². The van der Waals surface area contributed by atoms with Crippen LogP contribution in [0.1, 0.15) is 19.4 Å². The second kappa shape index (κ2) is 12.6. The standard InChI is InChI=1S/C27H27N5O4S/c1-3-35-22-13-11-21(12-14-22)32-26(20-8-6-5-7-9-20)30-31-27(32)37-18-25(34)29-28-17-19-10-15-23(33)24(16-19)36-4-2/h5-17,33H,3-4,18H2,1-2H3,(H,29,34)/b28-17+. The number of nitrogens with zero attached hydrogens (tertiary/aromatic N) is 4. The highest BCUT2D eigenvalue weighted by molar-refractivity contribution is 7.99. The summed E-state index contributed by atoms with van der Waals surface area (Å²) < 4.78 is 12.8. The van der Waals surface area contributed by atoms with E-state index < -0.39 is 0 Å². The van der Waals surface area contributed by atoms with E-state index >= 15 is 0 Å². The lowest BCUT2D eigenvalue weighted by Crippen LogP contribution is -2.20. The lowest BCUT2D eigenvalue weighted by atomic mass is 10.2. The van der Waals surface area contributed by atoms with Crippen molar-refractivity contribution in [3.05, 3.63) is 78.4 Å². The van der Waals surface area contributed by atoms with Crippen LogP contribution in [-0.4, -0.2) is 51.0 Å². The van der Waals surface area contributed by atoms with Crippen molar-refractivity contribution >= 4 is 23.9 Å². The summed E-state index contributed by atoms with van der Waals surface area (Å²) in [5, 5.41) is 23.1. The Balaban J connectivity index is 1.47. The fraction of sp³-hybridized carbons (Fsp3) is 0.185. The number of ether oxygens (including phenoxy) is 2. The molecule has 4 rings (SSSR count). The van der Waals surface area contributed by atoms with Crippen LogP contribution in [0.3, 0.4) is 0 Å². The van der Waals surface area contributed by atoms with Gasteiger partial charge in [0.25, 0.3) is 5.91 Å². The van der Waals surface area contributed by atoms with Gasteiger partial charge < -0.3 is 14.6 Å². The fourth-order valence-electron chi connectivity index (χ4n) is 3.45. The number of phenolic OH excluding ortho intramolecular Hbond substituents is 1. The van der Waals surface area contributed by atoms with Crippen molar-refractivity contribution in [2.24, 2.45) is 5.10 Å². The number of carbonyl (C=O) groups excluding carboxylic acids is 1. The maximum absolute atomic E-state index is 12.5. The molecule has 0 bridgehead atoms. The average molecular weight is 518 g/mol. The number of carbonyl (C=O) groups is 1. The normalized spacial score (nSPS) is 11.0. The zero-order valence-electron chi connectivity index (χ0n) is 20.5. The Hall–Kier alpha value is -4.31. The summed E-state index contributed by atoms with van der Waals surface area (Å²) in [6.45, 7) is 4.78. The van der Waals surface area contributed by atoms with Gasteiger partial charge in [0.15, 0.2) is 22.5 Å². The van der Waals surface area contributed by atoms with Gasteiger partial charge in [-0.25, -0.2) is 5.43 Å². The highest BCUT2D eigenvalue weighted by Gasteiger charge is 2.17. The minimum Gasteiger partial charge on any atom is -0.504 e. The maximum Gasteiger partial charge on any atom is 0.250 e. The smallest absolute Gasteiger partial charge is 0.250 e. The summed E-state index contributed by atoms with van der Waals surface area (Å²) in [6.07, 6.45) is 1.49. The van der Waals surface area contributed by atoms with Crippen LogP contribution in [0.2, 0.25) is 0 Å². The number of benzene rings is 3. The minimum absolute atomic E-state index is 0.0472. The van der Waals surface area contributed by atoms with Gasteiger partial charge in [0, 0.05) is 11.3 Å². The fourth-order valence-corrected chi connectivity index (χ4v) is 4.20. The molecule has 0 fully saturated rings. The number of hydrogen-bond acceptors (Lipinski definition) is 8. The molecule has 0 radical (unpaired) electrons. The Morgan fingerprint density at radius 2 is 1.78 bits per heavy atom. The molecule has 0 aliphatic rings. The largest absolute Gasteiger partial charge is 0.504 e. The topological polar surface area (TPSA) is 111 Å². The number of hydrazone groups is 1. The molecular weight excluding hydrogens is 490 g/mol. The maximum atomic E-state index is 12.5. The molecule has 10 heteroatoms. The van der Waals surface area contributed by atoms with E-state index in [0.717, 1.165) is 17.0 Å². The number of aromatic hydroxyl groups is 1. The van der Waals surface area contributed by atoms with Crippen molar-refractivity contribution in [1.29, 1.82) is 0 Å². The first-order valence-corrected chi connectivity index (χ1v) is 12.7. The van der Waals surface area contributed by atoms with Gasteiger partial charge in [0.05, 0.1) is 25.2 Å². The minimum atomic E-state index is -0.299. The van der Waals surface area contributed by atoms with E-state index in [1.165, 1.54) is 24.0 Å². The van der Waals surface area contributed by atoms with Gasteiger partial charge in [0.1, 0.15) is 5.75 Å². The van der Waals surface area contributed by atoms with Crippen molar-refractivity contribution in [2.75, 3.05) is 19.0 Å². The molecule has 3 aromatic carbocycles. The van der Waals surface area contributed by atoms with E-state index in [1.54, 1.807) is 12.1 Å². The number of nitrogens with one attached hydrogen (secondary N) is 1. The van der Waals surface area contributed by atoms with Crippen molar-refractivity contribution < 1.29 is 19.4 Å². The highest BCUT2D eigenvalue weighted by Crippen LogP contribution is 2.29. The van der Waals surface area contributed by atoms with Crippen LogP contribution < -0.4 is 14.9 Å². The van der Waals surface area contributed by atoms with Gasteiger partial charge in [-0.2, -0.15) is 5.10 Å². The second-order valence-corrected chi connectivity index (χ2v) is 8.62. The third-order valence-electron chi connectivity index (χ3n) is 5.09. The van der Waals surface area contributed by atoms with Gasteiger partial charge in [-0.1, -0.05) is 42.1 Å². The number of rotatable bonds is 11. The Morgan fingerprint density at radius 1 is 1.03 bits per heavy atom. The number of thioether (sulfide) groups is 1. The van der Waals surface area contributed by atoms with Gasteiger partial charge >= 0.3 is 0 Å². The van der Waals surface area contributed by atoms with Crippen molar-refractivity contribution in [3.63, 3.8) is 0 Å². The van der Waals surface area contributed by atoms with Crippen LogP contribution in [0.25, 0.3) is 17.1 Å². The second-order valence-electron chi connectivity index (χ2n) is 7.68. The van der Waals surface area contributed by atoms with Crippen LogP contribution in [-0.2, 0) is 4.79 Å². The molecule has 1 heterocycles. The lowest BCUT2D eigenvalue weighted by molar-refractivity contribution is -0.118. The van der Waals surface area contributed by atoms with Crippen molar-refractivity contribution in [3.8, 4) is 34.3 Å². The zero-order chi connectivity index (χ0) is 26.0. The average Bonchev–Trinajstić information content (AvgIpc) is 3.34. The lowest BCUT2D eigenvalue weighted by Gasteiger charge is -2.11. The number of aromatic nitrogens is 3. The van der Waals surface area contributed by atoms with Gasteiger partial charge in [-0.15, -0.1) is 10.2 Å². The van der Waals surface area contributed by atoms with Crippen LogP contribution >= 0.6 is 11.8 Å². The molecule has 4 aromatic rings. The Morgan fingerprint density at radius 3 is 2.51 bits per heavy atom. The van der Waals surface area contributed by atoms with Gasteiger partial charge in [0.2, 0.25) is 0 Å². The van der Waals surface area contributed by atoms with E-state index in [2.05, 4.69) is 20.7 Å². The van der Waals surface area contributed by atoms with E-state index in [4.69, 9.17) is 9.47 Å². The summed E-state index contributed by atoms with van der Waals surface area (Å²) in [7, 11) is 0. The van der Waals surface area contributed by atoms with Gasteiger partial charge in [-0.3, -0.25) is 9.36 Å². The van der Waals surface area contributed by atoms with Crippen LogP contribution in [0, 0.1) is 0 Å². The molecule has 0 saturated carbocycles. The molecule has 0 unspecified atom stereocenters. The molecule has 0 atom stereocenters. The first-order valence-electron chi connectivity index (χ1n) is 11.7. The summed E-state index contributed by atoms with van der Waals surface area (Å²) in [6, 6.07) is 22.2. The molecule has 0 spiro atoms. The van der Waals surface area contributed by atoms with Crippen molar-refractivity contribution in [1.82, 2.24) is 20.2 Å². The predicted molar refractivity (Wildman–Crippen MR) is 144 cm³/mol. The molecular formula is C27H27N5O4S. The van der Waals surface area contributed by atoms with Gasteiger partial charge in [-0.05, 0) is 61.9 Å². The Bertz CT molecular complexity index is 1360. The summed E-state index contributed by atoms with van der Waals surface area (Å²) in [5.41, 5.74) is 4.96. The molecule has 9 nitrogen and oxygen atoms in total. The molecule has 190 valence electrons. The third kappa shape index (κ3) is 6.68. The highest BCUT2D eigenvalue weighted by atomic mass is 32.2. The molecule has 37 heavy (non-hydrogen) atoms. The molecule has 1 amide bonds. The molecule has 2 N–H and O–H groups in total. The molecule has 1 aromatic heterocycles.